The number of ether oxygens (including phenoxy) is 1. The summed E-state index contributed by atoms with van der Waals surface area (Å²) in [5.74, 6) is -2.29. The number of hydrogen-bond acceptors (Lipinski definition) is 5. The van der Waals surface area contributed by atoms with Crippen LogP contribution in [0.3, 0.4) is 0 Å². The van der Waals surface area contributed by atoms with E-state index in [-0.39, 0.29) is 30.9 Å². The van der Waals surface area contributed by atoms with Gasteiger partial charge in [-0.2, -0.15) is 0 Å². The molecule has 0 saturated carbocycles. The van der Waals surface area contributed by atoms with Crippen molar-refractivity contribution in [3.05, 3.63) is 89.5 Å². The monoisotopic (exact) mass is 569 g/mol. The average Bonchev–Trinajstić information content (AvgIpc) is 3.27. The third-order valence-electron chi connectivity index (χ3n) is 9.51. The number of para-hydroxylation sites is 1. The summed E-state index contributed by atoms with van der Waals surface area (Å²) >= 11 is 0. The fraction of sp³-hybridized carbons (Fsp3) is 0.441. The Labute approximate surface area is 247 Å². The van der Waals surface area contributed by atoms with E-state index in [1.807, 2.05) is 93.6 Å². The van der Waals surface area contributed by atoms with Gasteiger partial charge in [-0.3, -0.25) is 14.4 Å². The molecule has 1 spiro atoms. The highest BCUT2D eigenvalue weighted by atomic mass is 16.5. The standard InChI is InChI=1S/C34H39N3O5/c1-4-33-16-9-18-35(22-25-14-6-5-7-15-25)30(39)26(33)27-31(40)37(20-11-21-38)29-32(41)36(19-10-17-34(27,29)42-33)28-23(2)12-8-13-24(28)3/h5-10,12-17,26-27,29,38H,4,11,18-22H2,1-3H3/t26-,27-,29?,33+,34-/m0/s1. The van der Waals surface area contributed by atoms with Gasteiger partial charge in [-0.1, -0.05) is 79.8 Å². The molecule has 2 aromatic carbocycles. The highest BCUT2D eigenvalue weighted by Crippen LogP contribution is 2.58. The molecule has 1 unspecified atom stereocenters. The van der Waals surface area contributed by atoms with Crippen molar-refractivity contribution in [2.24, 2.45) is 11.8 Å². The molecule has 4 aliphatic heterocycles. The van der Waals surface area contributed by atoms with Crippen molar-refractivity contribution >= 4 is 23.4 Å². The van der Waals surface area contributed by atoms with E-state index in [0.29, 0.717) is 32.5 Å². The van der Waals surface area contributed by atoms with Crippen molar-refractivity contribution in [3.63, 3.8) is 0 Å². The molecule has 2 saturated heterocycles. The minimum Gasteiger partial charge on any atom is -0.396 e. The van der Waals surface area contributed by atoms with Crippen LogP contribution in [0.2, 0.25) is 0 Å². The van der Waals surface area contributed by atoms with Crippen molar-refractivity contribution in [2.45, 2.75) is 57.4 Å². The van der Waals surface area contributed by atoms with Crippen molar-refractivity contribution in [1.82, 2.24) is 9.80 Å². The fourth-order valence-corrected chi connectivity index (χ4v) is 7.67. The number of hydrogen-bond donors (Lipinski definition) is 1. The Morgan fingerprint density at radius 3 is 2.29 bits per heavy atom. The smallest absolute Gasteiger partial charge is 0.253 e. The summed E-state index contributed by atoms with van der Waals surface area (Å²) in [5.41, 5.74) is 1.42. The van der Waals surface area contributed by atoms with Crippen molar-refractivity contribution in [2.75, 3.05) is 31.1 Å². The van der Waals surface area contributed by atoms with Crippen LogP contribution >= 0.6 is 0 Å². The number of anilines is 1. The lowest BCUT2D eigenvalue weighted by atomic mass is 9.73. The van der Waals surface area contributed by atoms with Crippen LogP contribution in [0.4, 0.5) is 5.69 Å². The van der Waals surface area contributed by atoms with Crippen LogP contribution in [-0.2, 0) is 25.7 Å². The molecule has 0 bridgehead atoms. The Balaban J connectivity index is 1.46. The summed E-state index contributed by atoms with van der Waals surface area (Å²) in [6, 6.07) is 14.8. The molecule has 3 amide bonds. The van der Waals surface area contributed by atoms with Gasteiger partial charge in [0, 0.05) is 38.5 Å². The van der Waals surface area contributed by atoms with Gasteiger partial charge in [-0.15, -0.1) is 0 Å². The number of fused-ring (bicyclic) bond motifs is 2. The number of aliphatic hydroxyl groups is 1. The first-order valence-electron chi connectivity index (χ1n) is 14.9. The lowest BCUT2D eigenvalue weighted by Crippen LogP contribution is -2.56. The summed E-state index contributed by atoms with van der Waals surface area (Å²) in [4.78, 5) is 48.8. The van der Waals surface area contributed by atoms with Crippen LogP contribution in [0, 0.1) is 25.7 Å². The number of carbonyl (C=O) groups excluding carboxylic acids is 3. The van der Waals surface area contributed by atoms with Crippen LogP contribution in [0.1, 0.15) is 36.5 Å². The van der Waals surface area contributed by atoms with Gasteiger partial charge in [0.25, 0.3) is 5.91 Å². The molecule has 0 radical (unpaired) electrons. The minimum absolute atomic E-state index is 0.117. The lowest BCUT2D eigenvalue weighted by Gasteiger charge is -2.38. The van der Waals surface area contributed by atoms with Gasteiger partial charge in [0.15, 0.2) is 0 Å². The first-order valence-corrected chi connectivity index (χ1v) is 14.9. The van der Waals surface area contributed by atoms with Gasteiger partial charge in [0.2, 0.25) is 11.8 Å². The maximum Gasteiger partial charge on any atom is 0.253 e. The second-order valence-corrected chi connectivity index (χ2v) is 11.9. The second-order valence-electron chi connectivity index (χ2n) is 11.9. The lowest BCUT2D eigenvalue weighted by molar-refractivity contribution is -0.150. The number of aliphatic hydroxyl groups excluding tert-OH is 1. The molecule has 42 heavy (non-hydrogen) atoms. The van der Waals surface area contributed by atoms with E-state index in [4.69, 9.17) is 4.74 Å². The van der Waals surface area contributed by atoms with Crippen molar-refractivity contribution < 1.29 is 24.2 Å². The summed E-state index contributed by atoms with van der Waals surface area (Å²) in [5, 5.41) is 9.71. The van der Waals surface area contributed by atoms with Crippen LogP contribution in [-0.4, -0.2) is 76.1 Å². The fourth-order valence-electron chi connectivity index (χ4n) is 7.67. The first kappa shape index (κ1) is 28.4. The van der Waals surface area contributed by atoms with Gasteiger partial charge < -0.3 is 24.5 Å². The van der Waals surface area contributed by atoms with E-state index >= 15 is 0 Å². The minimum atomic E-state index is -1.31. The number of nitrogens with zero attached hydrogens (tertiary/aromatic N) is 3. The zero-order valence-electron chi connectivity index (χ0n) is 24.5. The Bertz CT molecular complexity index is 1430. The molecule has 8 heteroatoms. The largest absolute Gasteiger partial charge is 0.396 e. The topological polar surface area (TPSA) is 90.4 Å². The first-order chi connectivity index (χ1) is 20.3. The second kappa shape index (κ2) is 10.8. The molecule has 6 rings (SSSR count). The quantitative estimate of drug-likeness (QED) is 0.516. The molecule has 0 aliphatic carbocycles. The summed E-state index contributed by atoms with van der Waals surface area (Å²) in [7, 11) is 0. The Kier molecular flexibility index (Phi) is 7.31. The molecule has 1 N–H and O–H groups in total. The summed E-state index contributed by atoms with van der Waals surface area (Å²) in [6.07, 6.45) is 8.54. The maximum atomic E-state index is 14.7. The van der Waals surface area contributed by atoms with Gasteiger partial charge in [0.05, 0.1) is 17.4 Å². The van der Waals surface area contributed by atoms with Crippen LogP contribution in [0.5, 0.6) is 0 Å². The van der Waals surface area contributed by atoms with E-state index < -0.39 is 29.1 Å². The van der Waals surface area contributed by atoms with Crippen LogP contribution < -0.4 is 4.90 Å². The van der Waals surface area contributed by atoms with E-state index in [1.54, 1.807) is 14.7 Å². The summed E-state index contributed by atoms with van der Waals surface area (Å²) in [6.45, 7) is 7.18. The molecule has 2 fully saturated rings. The number of benzene rings is 2. The van der Waals surface area contributed by atoms with Gasteiger partial charge in [-0.25, -0.2) is 0 Å². The molecular formula is C34H39N3O5. The van der Waals surface area contributed by atoms with Gasteiger partial charge in [-0.05, 0) is 43.4 Å². The van der Waals surface area contributed by atoms with E-state index in [0.717, 1.165) is 22.4 Å². The zero-order valence-corrected chi connectivity index (χ0v) is 24.5. The molecule has 2 aromatic rings. The molecule has 4 aliphatic rings. The molecule has 4 heterocycles. The number of carbonyl (C=O) groups is 3. The Morgan fingerprint density at radius 1 is 0.881 bits per heavy atom. The molecule has 0 aromatic heterocycles. The molecular weight excluding hydrogens is 530 g/mol. The Hall–Kier alpha value is -3.75. The highest BCUT2D eigenvalue weighted by Gasteiger charge is 2.75. The van der Waals surface area contributed by atoms with E-state index in [9.17, 15) is 19.5 Å². The summed E-state index contributed by atoms with van der Waals surface area (Å²) < 4.78 is 7.05. The average molecular weight is 570 g/mol. The van der Waals surface area contributed by atoms with E-state index in [1.165, 1.54) is 0 Å². The van der Waals surface area contributed by atoms with Crippen LogP contribution in [0.25, 0.3) is 0 Å². The third-order valence-corrected chi connectivity index (χ3v) is 9.51. The van der Waals surface area contributed by atoms with Gasteiger partial charge >= 0.3 is 0 Å². The number of aryl methyl sites for hydroxylation is 2. The SMILES string of the molecule is CC[C@@]12C=CCN(Cc3ccccc3)C(=O)[C@@H]1[C@H]1C(=O)N(CCCO)C3C(=O)N(c4c(C)cccc4C)CC=C[C@@]31O2. The molecule has 8 nitrogen and oxygen atoms in total. The predicted molar refractivity (Wildman–Crippen MR) is 159 cm³/mol. The van der Waals surface area contributed by atoms with Gasteiger partial charge in [0.1, 0.15) is 11.6 Å². The van der Waals surface area contributed by atoms with Crippen molar-refractivity contribution in [3.8, 4) is 0 Å². The maximum absolute atomic E-state index is 14.7. The highest BCUT2D eigenvalue weighted by molar-refractivity contribution is 6.06. The number of rotatable bonds is 7. The number of amides is 3. The third kappa shape index (κ3) is 4.23. The molecule has 5 atom stereocenters. The van der Waals surface area contributed by atoms with Crippen LogP contribution in [0.15, 0.2) is 72.8 Å². The van der Waals surface area contributed by atoms with Crippen molar-refractivity contribution in [1.29, 1.82) is 0 Å². The number of likely N-dealkylation sites (tertiary alicyclic amines) is 1. The predicted octanol–water partition coefficient (Wildman–Crippen LogP) is 3.55. The Morgan fingerprint density at radius 2 is 1.60 bits per heavy atom. The zero-order chi connectivity index (χ0) is 29.6. The van der Waals surface area contributed by atoms with E-state index in [2.05, 4.69) is 0 Å². The normalized spacial score (nSPS) is 30.3. The molecule has 220 valence electrons.